The molecule has 12 amide bonds. The Kier molecular flexibility index (Phi) is 77.7. The van der Waals surface area contributed by atoms with Crippen LogP contribution in [0.5, 0.6) is 0 Å². The molecule has 0 fully saturated rings. The maximum atomic E-state index is 14.7. The molecule has 0 aliphatic heterocycles. The number of carbonyl (C=O) groups excluding carboxylic acids is 12. The SMILES string of the molecule is CCCCCCCCCCCCCCCC(=O)NCCCC[C@H](NC(=O)CCCCCCCCCCCCCCC)C(=O)N[C@@H](CCCCN)C(=O)N[C@@H](CCCCN)C(=O)NCCCCCC(=O)N[C@@H](CCCCN)C(=O)N[C@@H](CCCN=C(N)N)C(=O)N[C@@H](CCCCN)C(=O)N[C@@H](CCCN=C(N)N)C(=O)N[C@@H](CCCCN)C(=O)N[C@@H](CCCN=C(N)N)C(N)=O. The number of nitrogens with zero attached hydrogens (tertiary/aromatic N) is 3. The molecule has 9 atom stereocenters. The second-order valence-electron chi connectivity index (χ2n) is 34.8. The summed E-state index contributed by atoms with van der Waals surface area (Å²) in [6.07, 6.45) is 40.1. The van der Waals surface area contributed by atoms with E-state index in [9.17, 15) is 57.5 Å². The van der Waals surface area contributed by atoms with Crippen molar-refractivity contribution >= 4 is 88.8 Å². The zero-order valence-corrected chi connectivity index (χ0v) is 80.0. The van der Waals surface area contributed by atoms with Crippen LogP contribution in [0.1, 0.15) is 373 Å². The van der Waals surface area contributed by atoms with Crippen LogP contribution < -0.4 is 127 Å². The molecular weight excluding hydrogens is 1660 g/mol. The topological polar surface area (TPSA) is 686 Å². The van der Waals surface area contributed by atoms with Crippen LogP contribution >= 0.6 is 0 Å². The minimum absolute atomic E-state index is 0.00337. The first-order chi connectivity index (χ1) is 62.7. The lowest BCUT2D eigenvalue weighted by Gasteiger charge is -2.28. The Morgan fingerprint density at radius 2 is 0.408 bits per heavy atom. The molecule has 0 heterocycles. The van der Waals surface area contributed by atoms with Gasteiger partial charge in [0.05, 0.1) is 0 Å². The molecule has 130 heavy (non-hydrogen) atoms. The molecule has 38 nitrogen and oxygen atoms in total. The van der Waals surface area contributed by atoms with Crippen molar-refractivity contribution in [1.29, 1.82) is 0 Å². The number of nitrogens with two attached hydrogens (primary N) is 12. The second kappa shape index (κ2) is 83.3. The highest BCUT2D eigenvalue weighted by Gasteiger charge is 2.35. The highest BCUT2D eigenvalue weighted by atomic mass is 16.2. The molecule has 752 valence electrons. The standard InChI is InChI=1S/C92H182N26O12/c1-3-5-7-9-11-13-15-17-19-21-23-25-28-56-78(119)105-64-43-36-52-72(111-79(120)57-29-26-24-22-20-18-16-14-12-10-8-6-4-2)84(125)114-74(50-34-40-62-96)86(127)113-70(47-31-37-59-93)82(123)106-65-42-27-30-58-80(121)110-71(48-32-38-60-94)83(124)117-76(54-45-67-108-91(101)102)88(129)116-75(51-35-41-63-97)87(128)118-77(55-46-68-109-92(103)104)89(130)115-73(49-33-39-61-95)85(126)112-69(81(98)122)53-44-66-107-90(99)100/h69-77H,3-68,93-97H2,1-2H3,(H2,98,122)(H,105,119)(H,106,123)(H,110,121)(H,111,120)(H,112,126)(H,113,127)(H,114,125)(H,115,130)(H,116,129)(H,117,124)(H,118,128)(H4,99,100,107)(H4,101,102,108)(H4,103,104,109)/t69-,70-,71-,72-,73-,74-,75-,76-,77-/m0/s1. The van der Waals surface area contributed by atoms with Gasteiger partial charge in [-0.25, -0.2) is 0 Å². The van der Waals surface area contributed by atoms with Crippen LogP contribution in [0.2, 0.25) is 0 Å². The predicted octanol–water partition coefficient (Wildman–Crippen LogP) is 4.57. The lowest BCUT2D eigenvalue weighted by Crippen LogP contribution is -2.59. The van der Waals surface area contributed by atoms with Crippen molar-refractivity contribution in [3.8, 4) is 0 Å². The third-order valence-electron chi connectivity index (χ3n) is 23.0. The van der Waals surface area contributed by atoms with E-state index < -0.39 is 113 Å². The van der Waals surface area contributed by atoms with E-state index in [1.807, 2.05) is 0 Å². The first-order valence-electron chi connectivity index (χ1n) is 49.9. The fourth-order valence-electron chi connectivity index (χ4n) is 15.2. The van der Waals surface area contributed by atoms with Gasteiger partial charge in [0.1, 0.15) is 54.4 Å². The van der Waals surface area contributed by atoms with Crippen molar-refractivity contribution in [2.45, 2.75) is 428 Å². The molecule has 0 aromatic carbocycles. The summed E-state index contributed by atoms with van der Waals surface area (Å²) in [4.78, 5) is 180. The fraction of sp³-hybridized carbons (Fsp3) is 0.837. The van der Waals surface area contributed by atoms with Crippen molar-refractivity contribution in [1.82, 2.24) is 58.5 Å². The average Bonchev–Trinajstić information content (AvgIpc) is 0.886. The number of aliphatic imine (C=N–C) groups is 3. The van der Waals surface area contributed by atoms with E-state index in [-0.39, 0.29) is 165 Å². The van der Waals surface area contributed by atoms with Crippen molar-refractivity contribution in [3.05, 3.63) is 0 Å². The molecule has 0 aromatic rings. The number of hydrogen-bond donors (Lipinski definition) is 23. The first kappa shape index (κ1) is 121. The van der Waals surface area contributed by atoms with Gasteiger partial charge in [-0.15, -0.1) is 0 Å². The van der Waals surface area contributed by atoms with E-state index in [2.05, 4.69) is 87.3 Å². The molecule has 0 spiro atoms. The van der Waals surface area contributed by atoms with Gasteiger partial charge in [-0.1, -0.05) is 174 Å². The van der Waals surface area contributed by atoms with Crippen molar-refractivity contribution in [2.24, 2.45) is 83.8 Å². The van der Waals surface area contributed by atoms with E-state index in [1.165, 1.54) is 122 Å². The second-order valence-corrected chi connectivity index (χ2v) is 34.8. The number of hydrogen-bond acceptors (Lipinski definition) is 20. The number of amides is 12. The third-order valence-corrected chi connectivity index (χ3v) is 23.0. The Bertz CT molecular complexity index is 3130. The van der Waals surface area contributed by atoms with Gasteiger partial charge in [-0.05, 0) is 213 Å². The van der Waals surface area contributed by atoms with Crippen molar-refractivity contribution in [3.63, 3.8) is 0 Å². The van der Waals surface area contributed by atoms with E-state index in [1.54, 1.807) is 0 Å². The summed E-state index contributed by atoms with van der Waals surface area (Å²) in [6.45, 7) is 6.80. The molecule has 0 bridgehead atoms. The minimum Gasteiger partial charge on any atom is -0.370 e. The number of nitrogens with one attached hydrogen (secondary N) is 11. The van der Waals surface area contributed by atoms with E-state index in [4.69, 9.17) is 68.8 Å². The van der Waals surface area contributed by atoms with E-state index >= 15 is 0 Å². The first-order valence-corrected chi connectivity index (χ1v) is 49.9. The summed E-state index contributed by atoms with van der Waals surface area (Å²) in [5.41, 5.74) is 68.4. The summed E-state index contributed by atoms with van der Waals surface area (Å²) in [5.74, 6) is -7.58. The van der Waals surface area contributed by atoms with Crippen LogP contribution in [0.4, 0.5) is 0 Å². The van der Waals surface area contributed by atoms with Gasteiger partial charge in [-0.2, -0.15) is 0 Å². The monoisotopic (exact) mass is 1840 g/mol. The number of rotatable bonds is 89. The van der Waals surface area contributed by atoms with Crippen LogP contribution in [0.25, 0.3) is 0 Å². The molecule has 0 unspecified atom stereocenters. The third kappa shape index (κ3) is 68.3. The predicted molar refractivity (Wildman–Crippen MR) is 520 cm³/mol. The highest BCUT2D eigenvalue weighted by molar-refractivity contribution is 5.98. The Balaban J connectivity index is 6.55. The average molecular weight is 1840 g/mol. The molecule has 0 aliphatic rings. The number of unbranched alkanes of at least 4 members (excludes halogenated alkanes) is 32. The smallest absolute Gasteiger partial charge is 0.243 e. The normalized spacial score (nSPS) is 13.2. The summed E-state index contributed by atoms with van der Waals surface area (Å²) in [6, 6.07) is -10.6. The largest absolute Gasteiger partial charge is 0.370 e. The van der Waals surface area contributed by atoms with E-state index in [0.717, 1.165) is 38.5 Å². The van der Waals surface area contributed by atoms with Gasteiger partial charge in [-0.3, -0.25) is 72.5 Å². The molecule has 38 heteroatoms. The number of guanidine groups is 3. The van der Waals surface area contributed by atoms with E-state index in [0.29, 0.717) is 129 Å². The van der Waals surface area contributed by atoms with Gasteiger partial charge in [0.25, 0.3) is 0 Å². The lowest BCUT2D eigenvalue weighted by molar-refractivity contribution is -0.135. The van der Waals surface area contributed by atoms with Crippen LogP contribution in [0, 0.1) is 0 Å². The molecule has 35 N–H and O–H groups in total. The Hall–Kier alpha value is -8.75. The molecule has 0 saturated heterocycles. The summed E-state index contributed by atoms with van der Waals surface area (Å²) >= 11 is 0. The molecule has 0 aromatic heterocycles. The van der Waals surface area contributed by atoms with Gasteiger partial charge in [0, 0.05) is 52.0 Å². The molecular formula is C92H182N26O12. The lowest BCUT2D eigenvalue weighted by atomic mass is 10.0. The molecule has 0 rings (SSSR count). The Labute approximate surface area is 778 Å². The van der Waals surface area contributed by atoms with Crippen LogP contribution in [0.15, 0.2) is 15.0 Å². The van der Waals surface area contributed by atoms with Crippen LogP contribution in [-0.4, -0.2) is 209 Å². The maximum absolute atomic E-state index is 14.7. The summed E-state index contributed by atoms with van der Waals surface area (Å²) < 4.78 is 0. The highest BCUT2D eigenvalue weighted by Crippen LogP contribution is 2.19. The van der Waals surface area contributed by atoms with Crippen molar-refractivity contribution in [2.75, 3.05) is 65.4 Å². The number of carbonyl (C=O) groups is 12. The fourth-order valence-corrected chi connectivity index (χ4v) is 15.2. The molecule has 0 radical (unpaired) electrons. The van der Waals surface area contributed by atoms with Crippen molar-refractivity contribution < 1.29 is 57.5 Å². The van der Waals surface area contributed by atoms with Gasteiger partial charge in [0.15, 0.2) is 17.9 Å². The number of primary amides is 1. The Morgan fingerprint density at radius 3 is 0.669 bits per heavy atom. The Morgan fingerprint density at radius 1 is 0.208 bits per heavy atom. The minimum atomic E-state index is -1.36. The maximum Gasteiger partial charge on any atom is 0.243 e. The quantitative estimate of drug-likeness (QED) is 0.0225. The van der Waals surface area contributed by atoms with Crippen LogP contribution in [-0.2, 0) is 57.5 Å². The molecule has 0 aliphatic carbocycles. The van der Waals surface area contributed by atoms with Crippen LogP contribution in [0.3, 0.4) is 0 Å². The summed E-state index contributed by atoms with van der Waals surface area (Å²) in [5, 5.41) is 31.3. The molecule has 0 saturated carbocycles. The van der Waals surface area contributed by atoms with Gasteiger partial charge in [0.2, 0.25) is 70.9 Å². The summed E-state index contributed by atoms with van der Waals surface area (Å²) in [7, 11) is 0. The zero-order chi connectivity index (χ0) is 96.4. The van der Waals surface area contributed by atoms with Gasteiger partial charge < -0.3 is 127 Å². The zero-order valence-electron chi connectivity index (χ0n) is 80.0. The van der Waals surface area contributed by atoms with Gasteiger partial charge >= 0.3 is 0 Å².